The number of hydrogen-bond acceptors (Lipinski definition) is 7. The summed E-state index contributed by atoms with van der Waals surface area (Å²) >= 11 is 12.1. The smallest absolute Gasteiger partial charge is 0.410 e. The Hall–Kier alpha value is -1.11. The fourth-order valence-corrected chi connectivity index (χ4v) is 4.72. The molecule has 0 spiro atoms. The fourth-order valence-electron chi connectivity index (χ4n) is 2.33. The van der Waals surface area contributed by atoms with E-state index in [2.05, 4.69) is 5.16 Å². The Bertz CT molecular complexity index is 731. The predicted molar refractivity (Wildman–Crippen MR) is 94.1 cm³/mol. The summed E-state index contributed by atoms with van der Waals surface area (Å²) < 4.78 is 29.0. The largest absolute Gasteiger partial charge is 0.417 e. The van der Waals surface area contributed by atoms with E-state index in [0.717, 1.165) is 0 Å². The molecule has 0 N–H and O–H groups in total. The van der Waals surface area contributed by atoms with Gasteiger partial charge in [-0.3, -0.25) is 9.36 Å². The van der Waals surface area contributed by atoms with E-state index in [4.69, 9.17) is 41.8 Å². The third-order valence-corrected chi connectivity index (χ3v) is 6.16. The van der Waals surface area contributed by atoms with Crippen molar-refractivity contribution in [3.63, 3.8) is 0 Å². The van der Waals surface area contributed by atoms with E-state index in [9.17, 15) is 9.36 Å². The van der Waals surface area contributed by atoms with E-state index in [0.29, 0.717) is 21.3 Å². The van der Waals surface area contributed by atoms with Crippen molar-refractivity contribution in [2.24, 2.45) is 5.16 Å². The summed E-state index contributed by atoms with van der Waals surface area (Å²) in [7, 11) is -3.98. The van der Waals surface area contributed by atoms with Crippen molar-refractivity contribution < 1.29 is 28.0 Å². The van der Waals surface area contributed by atoms with Crippen LogP contribution in [-0.4, -0.2) is 30.4 Å². The van der Waals surface area contributed by atoms with Gasteiger partial charge in [0, 0.05) is 17.5 Å². The molecule has 1 atom stereocenters. The van der Waals surface area contributed by atoms with Gasteiger partial charge in [0.1, 0.15) is 0 Å². The number of rotatable bonds is 7. The molecule has 1 heterocycles. The minimum absolute atomic E-state index is 0.0701. The van der Waals surface area contributed by atoms with E-state index in [1.807, 2.05) is 0 Å². The molecule has 0 bridgehead atoms. The van der Waals surface area contributed by atoms with Crippen LogP contribution in [0.1, 0.15) is 32.8 Å². The Morgan fingerprint density at radius 1 is 1.32 bits per heavy atom. The molecule has 0 aromatic heterocycles. The molecule has 0 saturated heterocycles. The third-order valence-electron chi connectivity index (χ3n) is 3.25. The highest BCUT2D eigenvalue weighted by molar-refractivity contribution is 7.55. The van der Waals surface area contributed by atoms with Gasteiger partial charge in [-0.1, -0.05) is 34.4 Å². The monoisotopic (exact) mass is 409 g/mol. The number of benzene rings is 1. The second-order valence-electron chi connectivity index (χ2n) is 5.07. The van der Waals surface area contributed by atoms with Crippen molar-refractivity contribution in [2.75, 3.05) is 13.2 Å². The summed E-state index contributed by atoms with van der Waals surface area (Å²) in [6, 6.07) is 4.81. The van der Waals surface area contributed by atoms with E-state index in [1.54, 1.807) is 26.0 Å². The van der Waals surface area contributed by atoms with E-state index in [-0.39, 0.29) is 19.6 Å². The Kier molecular flexibility index (Phi) is 6.51. The molecule has 0 radical (unpaired) electrons. The zero-order chi connectivity index (χ0) is 18.7. The Morgan fingerprint density at radius 3 is 2.48 bits per heavy atom. The molecule has 10 heteroatoms. The number of carbonyl (C=O) groups is 1. The molecule has 0 aliphatic carbocycles. The molecular formula is C15H18Cl2NO6P. The number of oxime groups is 1. The first-order valence-electron chi connectivity index (χ1n) is 7.56. The predicted octanol–water partition coefficient (Wildman–Crippen LogP) is 4.60. The van der Waals surface area contributed by atoms with Crippen molar-refractivity contribution in [1.82, 2.24) is 0 Å². The number of hydrogen-bond donors (Lipinski definition) is 0. The van der Waals surface area contributed by atoms with Crippen LogP contribution in [-0.2, 0) is 28.0 Å². The summed E-state index contributed by atoms with van der Waals surface area (Å²) in [5, 5.41) is 4.70. The molecule has 2 rings (SSSR count). The zero-order valence-corrected chi connectivity index (χ0v) is 16.4. The quantitative estimate of drug-likeness (QED) is 0.483. The first-order chi connectivity index (χ1) is 11.8. The zero-order valence-electron chi connectivity index (χ0n) is 14.0. The van der Waals surface area contributed by atoms with Gasteiger partial charge in [-0.2, -0.15) is 0 Å². The van der Waals surface area contributed by atoms with Crippen molar-refractivity contribution in [3.8, 4) is 0 Å². The fraction of sp³-hybridized carbons (Fsp3) is 0.467. The maximum absolute atomic E-state index is 13.2. The Labute approximate surface area is 155 Å². The second kappa shape index (κ2) is 8.06. The minimum atomic E-state index is -3.98. The average Bonchev–Trinajstić information content (AvgIpc) is 2.92. The highest BCUT2D eigenvalue weighted by atomic mass is 35.5. The van der Waals surface area contributed by atoms with Gasteiger partial charge in [0.25, 0.3) is 0 Å². The SMILES string of the molecule is CCOP(=O)(OCC)[C@]1(OC(C)=O)CC(c2ccc(Cl)cc2Cl)=NO1. The maximum atomic E-state index is 13.2. The summed E-state index contributed by atoms with van der Waals surface area (Å²) in [6.45, 7) is 4.59. The van der Waals surface area contributed by atoms with Gasteiger partial charge in [-0.05, 0) is 26.0 Å². The first-order valence-corrected chi connectivity index (χ1v) is 9.86. The Morgan fingerprint density at radius 2 is 1.96 bits per heavy atom. The van der Waals surface area contributed by atoms with Gasteiger partial charge in [0.2, 0.25) is 0 Å². The van der Waals surface area contributed by atoms with Crippen LogP contribution in [0.15, 0.2) is 23.4 Å². The van der Waals surface area contributed by atoms with Crippen molar-refractivity contribution in [2.45, 2.75) is 32.7 Å². The molecule has 1 aromatic carbocycles. The highest BCUT2D eigenvalue weighted by Crippen LogP contribution is 2.64. The maximum Gasteiger partial charge on any atom is 0.417 e. The van der Waals surface area contributed by atoms with Crippen molar-refractivity contribution in [1.29, 1.82) is 0 Å². The number of halogens is 2. The molecule has 1 aliphatic rings. The van der Waals surface area contributed by atoms with Gasteiger partial charge in [0.15, 0.2) is 0 Å². The lowest BCUT2D eigenvalue weighted by Crippen LogP contribution is -2.36. The van der Waals surface area contributed by atoms with Crippen molar-refractivity contribution in [3.05, 3.63) is 33.8 Å². The lowest BCUT2D eigenvalue weighted by Gasteiger charge is -2.31. The number of esters is 1. The summed E-state index contributed by atoms with van der Waals surface area (Å²) in [6.07, 6.45) is -0.148. The van der Waals surface area contributed by atoms with Crippen LogP contribution in [0.4, 0.5) is 0 Å². The lowest BCUT2D eigenvalue weighted by atomic mass is 10.1. The molecule has 0 unspecified atom stereocenters. The number of ether oxygens (including phenoxy) is 1. The molecule has 0 fully saturated rings. The molecule has 1 aliphatic heterocycles. The van der Waals surface area contributed by atoms with Gasteiger partial charge in [-0.25, -0.2) is 0 Å². The number of carbonyl (C=O) groups excluding carboxylic acids is 1. The lowest BCUT2D eigenvalue weighted by molar-refractivity contribution is -0.192. The Balaban J connectivity index is 2.41. The number of nitrogens with zero attached hydrogens (tertiary/aromatic N) is 1. The average molecular weight is 410 g/mol. The van der Waals surface area contributed by atoms with E-state index >= 15 is 0 Å². The first kappa shape index (κ1) is 20.2. The second-order valence-corrected chi connectivity index (χ2v) is 8.11. The van der Waals surface area contributed by atoms with Crippen LogP contribution >= 0.6 is 30.8 Å². The van der Waals surface area contributed by atoms with Crippen LogP contribution in [0.5, 0.6) is 0 Å². The van der Waals surface area contributed by atoms with E-state index < -0.39 is 19.1 Å². The topological polar surface area (TPSA) is 83.4 Å². The highest BCUT2D eigenvalue weighted by Gasteiger charge is 2.61. The molecule has 7 nitrogen and oxygen atoms in total. The minimum Gasteiger partial charge on any atom is -0.410 e. The van der Waals surface area contributed by atoms with Crippen molar-refractivity contribution >= 4 is 42.5 Å². The van der Waals surface area contributed by atoms with Crippen LogP contribution < -0.4 is 0 Å². The molecule has 138 valence electrons. The van der Waals surface area contributed by atoms with Crippen LogP contribution in [0.25, 0.3) is 0 Å². The third kappa shape index (κ3) is 4.18. The van der Waals surface area contributed by atoms with Gasteiger partial charge in [0.05, 0.1) is 30.4 Å². The summed E-state index contributed by atoms with van der Waals surface area (Å²) in [5.74, 6) is -0.710. The van der Waals surface area contributed by atoms with Crippen LogP contribution in [0.3, 0.4) is 0 Å². The van der Waals surface area contributed by atoms with Gasteiger partial charge >= 0.3 is 19.1 Å². The molecule has 1 aromatic rings. The molecule has 0 amide bonds. The molecular weight excluding hydrogens is 392 g/mol. The van der Waals surface area contributed by atoms with E-state index in [1.165, 1.54) is 13.0 Å². The summed E-state index contributed by atoms with van der Waals surface area (Å²) in [4.78, 5) is 16.9. The molecule has 0 saturated carbocycles. The van der Waals surface area contributed by atoms with Gasteiger partial charge in [-0.15, -0.1) is 0 Å². The normalized spacial score (nSPS) is 20.1. The summed E-state index contributed by atoms with van der Waals surface area (Å²) in [5.41, 5.74) is -1.15. The standard InChI is InChI=1S/C15H18Cl2NO6P/c1-4-21-25(20,22-5-2)15(23-10(3)19)9-14(18-24-15)12-7-6-11(16)8-13(12)17/h6-8H,4-5,9H2,1-3H3/t15-/m0/s1. The van der Waals surface area contributed by atoms with Crippen LogP contribution in [0, 0.1) is 0 Å². The molecule has 25 heavy (non-hydrogen) atoms. The van der Waals surface area contributed by atoms with Gasteiger partial charge < -0.3 is 18.6 Å². The van der Waals surface area contributed by atoms with Crippen LogP contribution in [0.2, 0.25) is 10.0 Å².